The van der Waals surface area contributed by atoms with Crippen LogP contribution in [0.3, 0.4) is 0 Å². The molecule has 144 valence electrons. The van der Waals surface area contributed by atoms with E-state index >= 15 is 0 Å². The first-order chi connectivity index (χ1) is 13.7. The topological polar surface area (TPSA) is 84.1 Å². The van der Waals surface area contributed by atoms with E-state index in [1.165, 1.54) is 11.8 Å². The van der Waals surface area contributed by atoms with Crippen LogP contribution in [0.2, 0.25) is 5.02 Å². The molecule has 0 aliphatic carbocycles. The van der Waals surface area contributed by atoms with Gasteiger partial charge in [0, 0.05) is 24.3 Å². The van der Waals surface area contributed by atoms with E-state index in [1.54, 1.807) is 18.3 Å². The molecular formula is C19H18ClN5O2S. The number of thioether (sulfide) groups is 1. The van der Waals surface area contributed by atoms with E-state index in [0.29, 0.717) is 21.8 Å². The third-order valence-corrected chi connectivity index (χ3v) is 5.35. The van der Waals surface area contributed by atoms with Crippen LogP contribution in [-0.4, -0.2) is 39.9 Å². The highest BCUT2D eigenvalue weighted by Gasteiger charge is 2.18. The van der Waals surface area contributed by atoms with Gasteiger partial charge in [-0.05, 0) is 43.2 Å². The molecule has 1 aliphatic heterocycles. The summed E-state index contributed by atoms with van der Waals surface area (Å²) in [5.41, 5.74) is 2.32. The van der Waals surface area contributed by atoms with Crippen molar-refractivity contribution in [1.82, 2.24) is 15.2 Å². The number of aromatic nitrogens is 3. The van der Waals surface area contributed by atoms with Crippen molar-refractivity contribution in [3.8, 4) is 11.6 Å². The van der Waals surface area contributed by atoms with Gasteiger partial charge in [0.05, 0.1) is 17.1 Å². The predicted molar refractivity (Wildman–Crippen MR) is 110 cm³/mol. The van der Waals surface area contributed by atoms with Gasteiger partial charge in [-0.3, -0.25) is 9.78 Å². The van der Waals surface area contributed by atoms with Crippen LogP contribution in [-0.2, 0) is 4.79 Å². The van der Waals surface area contributed by atoms with Crippen molar-refractivity contribution < 1.29 is 9.21 Å². The molecule has 0 spiro atoms. The number of carbonyl (C=O) groups is 1. The zero-order chi connectivity index (χ0) is 19.3. The number of benzene rings is 1. The van der Waals surface area contributed by atoms with Crippen molar-refractivity contribution in [1.29, 1.82) is 0 Å². The van der Waals surface area contributed by atoms with E-state index in [-0.39, 0.29) is 11.7 Å². The SMILES string of the molecule is O=C(CSc1nnc(-c2ccccn2)o1)Nc1cc(Cl)ccc1N1CCCC1. The number of halogens is 1. The van der Waals surface area contributed by atoms with Gasteiger partial charge in [-0.15, -0.1) is 10.2 Å². The Kier molecular flexibility index (Phi) is 5.78. The Bertz CT molecular complexity index is 960. The fourth-order valence-electron chi connectivity index (χ4n) is 3.02. The van der Waals surface area contributed by atoms with Gasteiger partial charge in [0.15, 0.2) is 0 Å². The molecule has 1 aromatic carbocycles. The molecular weight excluding hydrogens is 398 g/mol. The van der Waals surface area contributed by atoms with Crippen LogP contribution in [0.15, 0.2) is 52.2 Å². The summed E-state index contributed by atoms with van der Waals surface area (Å²) < 4.78 is 5.56. The van der Waals surface area contributed by atoms with Gasteiger partial charge in [-0.1, -0.05) is 29.4 Å². The van der Waals surface area contributed by atoms with Crippen molar-refractivity contribution in [2.45, 2.75) is 18.1 Å². The molecule has 1 saturated heterocycles. The number of pyridine rings is 1. The average molecular weight is 416 g/mol. The van der Waals surface area contributed by atoms with Crippen LogP contribution in [0.4, 0.5) is 11.4 Å². The summed E-state index contributed by atoms with van der Waals surface area (Å²) in [5, 5.41) is 11.8. The molecule has 0 saturated carbocycles. The lowest BCUT2D eigenvalue weighted by atomic mass is 10.2. The number of nitrogens with one attached hydrogen (secondary N) is 1. The maximum Gasteiger partial charge on any atom is 0.277 e. The third-order valence-electron chi connectivity index (χ3n) is 4.30. The summed E-state index contributed by atoms with van der Waals surface area (Å²) in [7, 11) is 0. The lowest BCUT2D eigenvalue weighted by Gasteiger charge is -2.21. The Morgan fingerprint density at radius 2 is 2.07 bits per heavy atom. The summed E-state index contributed by atoms with van der Waals surface area (Å²) in [4.78, 5) is 18.9. The van der Waals surface area contributed by atoms with Gasteiger partial charge in [0.25, 0.3) is 11.1 Å². The quantitative estimate of drug-likeness (QED) is 0.606. The third kappa shape index (κ3) is 4.45. The summed E-state index contributed by atoms with van der Waals surface area (Å²) in [6.45, 7) is 1.97. The Morgan fingerprint density at radius 3 is 2.86 bits per heavy atom. The molecule has 3 aromatic rings. The van der Waals surface area contributed by atoms with Crippen LogP contribution in [0.5, 0.6) is 0 Å². The van der Waals surface area contributed by atoms with Crippen LogP contribution in [0.1, 0.15) is 12.8 Å². The van der Waals surface area contributed by atoms with E-state index < -0.39 is 0 Å². The number of carbonyl (C=O) groups excluding carboxylic acids is 1. The molecule has 9 heteroatoms. The van der Waals surface area contributed by atoms with Crippen molar-refractivity contribution in [2.24, 2.45) is 0 Å². The van der Waals surface area contributed by atoms with Crippen LogP contribution >= 0.6 is 23.4 Å². The molecule has 3 heterocycles. The fourth-order valence-corrected chi connectivity index (χ4v) is 3.75. The van der Waals surface area contributed by atoms with Crippen LogP contribution < -0.4 is 10.2 Å². The minimum absolute atomic E-state index is 0.149. The Labute approximate surface area is 171 Å². The zero-order valence-corrected chi connectivity index (χ0v) is 16.5. The number of amides is 1. The van der Waals surface area contributed by atoms with Crippen molar-refractivity contribution in [3.63, 3.8) is 0 Å². The average Bonchev–Trinajstić information content (AvgIpc) is 3.39. The van der Waals surface area contributed by atoms with Crippen molar-refractivity contribution in [2.75, 3.05) is 29.1 Å². The molecule has 28 heavy (non-hydrogen) atoms. The highest BCUT2D eigenvalue weighted by molar-refractivity contribution is 7.99. The molecule has 4 rings (SSSR count). The minimum Gasteiger partial charge on any atom is -0.410 e. The van der Waals surface area contributed by atoms with Crippen LogP contribution in [0, 0.1) is 0 Å². The molecule has 0 bridgehead atoms. The number of nitrogens with zero attached hydrogens (tertiary/aromatic N) is 4. The molecule has 1 fully saturated rings. The van der Waals surface area contributed by atoms with Crippen molar-refractivity contribution >= 4 is 40.6 Å². The maximum atomic E-state index is 12.4. The number of rotatable bonds is 6. The second-order valence-corrected chi connectivity index (χ2v) is 7.64. The zero-order valence-electron chi connectivity index (χ0n) is 15.0. The lowest BCUT2D eigenvalue weighted by Crippen LogP contribution is -2.21. The summed E-state index contributed by atoms with van der Waals surface area (Å²) in [6.07, 6.45) is 3.96. The Morgan fingerprint density at radius 1 is 1.21 bits per heavy atom. The second kappa shape index (κ2) is 8.62. The van der Waals surface area contributed by atoms with Gasteiger partial charge < -0.3 is 14.6 Å². The van der Waals surface area contributed by atoms with Crippen molar-refractivity contribution in [3.05, 3.63) is 47.6 Å². The molecule has 0 radical (unpaired) electrons. The Balaban J connectivity index is 1.39. The smallest absolute Gasteiger partial charge is 0.277 e. The Hall–Kier alpha value is -2.58. The highest BCUT2D eigenvalue weighted by Crippen LogP contribution is 2.32. The molecule has 1 amide bonds. The summed E-state index contributed by atoms with van der Waals surface area (Å²) >= 11 is 7.31. The predicted octanol–water partition coefficient (Wildman–Crippen LogP) is 4.12. The van der Waals surface area contributed by atoms with Gasteiger partial charge in [-0.25, -0.2) is 0 Å². The highest BCUT2D eigenvalue weighted by atomic mass is 35.5. The van der Waals surface area contributed by atoms with Gasteiger partial charge >= 0.3 is 0 Å². The first-order valence-corrected chi connectivity index (χ1v) is 10.3. The molecule has 7 nitrogen and oxygen atoms in total. The van der Waals surface area contributed by atoms with E-state index in [1.807, 2.05) is 24.3 Å². The van der Waals surface area contributed by atoms with E-state index in [2.05, 4.69) is 25.4 Å². The van der Waals surface area contributed by atoms with Crippen LogP contribution in [0.25, 0.3) is 11.6 Å². The normalized spacial score (nSPS) is 13.7. The van der Waals surface area contributed by atoms with Gasteiger partial charge in [-0.2, -0.15) is 0 Å². The van der Waals surface area contributed by atoms with Gasteiger partial charge in [0.2, 0.25) is 5.91 Å². The van der Waals surface area contributed by atoms with E-state index in [4.69, 9.17) is 16.0 Å². The molecule has 0 atom stereocenters. The monoisotopic (exact) mass is 415 g/mol. The largest absolute Gasteiger partial charge is 0.410 e. The first kappa shape index (κ1) is 18.8. The first-order valence-electron chi connectivity index (χ1n) is 8.91. The minimum atomic E-state index is -0.162. The number of hydrogen-bond acceptors (Lipinski definition) is 7. The molecule has 0 unspecified atom stereocenters. The standard InChI is InChI=1S/C19H18ClN5O2S/c20-13-6-7-16(25-9-3-4-10-25)15(11-13)22-17(26)12-28-19-24-23-18(27-19)14-5-1-2-8-21-14/h1-2,5-8,11H,3-4,9-10,12H2,(H,22,26). The molecule has 2 aromatic heterocycles. The summed E-state index contributed by atoms with van der Waals surface area (Å²) in [6, 6.07) is 11.0. The molecule has 1 aliphatic rings. The van der Waals surface area contributed by atoms with E-state index in [0.717, 1.165) is 37.3 Å². The fraction of sp³-hybridized carbons (Fsp3) is 0.263. The number of hydrogen-bond donors (Lipinski definition) is 1. The van der Waals surface area contributed by atoms with E-state index in [9.17, 15) is 4.79 Å². The number of anilines is 2. The summed E-state index contributed by atoms with van der Waals surface area (Å²) in [5.74, 6) is 0.315. The second-order valence-electron chi connectivity index (χ2n) is 6.28. The lowest BCUT2D eigenvalue weighted by molar-refractivity contribution is -0.113. The van der Waals surface area contributed by atoms with Gasteiger partial charge in [0.1, 0.15) is 5.69 Å². The maximum absolute atomic E-state index is 12.4. The molecule has 1 N–H and O–H groups in total.